The third-order valence-corrected chi connectivity index (χ3v) is 1.99. The lowest BCUT2D eigenvalue weighted by atomic mass is 10.2. The summed E-state index contributed by atoms with van der Waals surface area (Å²) >= 11 is 2.28. The summed E-state index contributed by atoms with van der Waals surface area (Å²) in [6.07, 6.45) is 3.60. The fourth-order valence-electron chi connectivity index (χ4n) is 0.721. The largest absolute Gasteiger partial charge is 0.504 e. The van der Waals surface area contributed by atoms with Gasteiger partial charge in [0.25, 0.3) is 0 Å². The maximum atomic E-state index is 4.79. The van der Waals surface area contributed by atoms with Gasteiger partial charge in [0.2, 0.25) is 0 Å². The second-order valence-electron chi connectivity index (χ2n) is 2.09. The molecule has 0 saturated heterocycles. The molecule has 0 aliphatic rings. The van der Waals surface area contributed by atoms with Crippen molar-refractivity contribution in [2.24, 2.45) is 0 Å². The van der Waals surface area contributed by atoms with Gasteiger partial charge in [0.1, 0.15) is 0 Å². The van der Waals surface area contributed by atoms with E-state index >= 15 is 0 Å². The van der Waals surface area contributed by atoms with Crippen LogP contribution in [0.1, 0.15) is 5.56 Å². The summed E-state index contributed by atoms with van der Waals surface area (Å²) in [4.78, 5) is 0. The third-order valence-electron chi connectivity index (χ3n) is 1.27. The molecule has 0 bridgehead atoms. The Morgan fingerprint density at radius 1 is 1.27 bits per heavy atom. The summed E-state index contributed by atoms with van der Waals surface area (Å²) in [6, 6.07) is 8.24. The van der Waals surface area contributed by atoms with Gasteiger partial charge in [0.05, 0.1) is 13.4 Å². The molecule has 0 fully saturated rings. The number of rotatable bonds is 2. The Hall–Kier alpha value is -0.510. The molecule has 0 atom stereocenters. The van der Waals surface area contributed by atoms with Crippen molar-refractivity contribution in [2.45, 2.75) is 0 Å². The van der Waals surface area contributed by atoms with E-state index in [0.29, 0.717) is 0 Å². The zero-order valence-corrected chi connectivity index (χ0v) is 8.41. The fourth-order valence-corrected chi connectivity index (χ4v) is 1.08. The summed E-state index contributed by atoms with van der Waals surface area (Å²) in [7, 11) is 1.64. The van der Waals surface area contributed by atoms with Gasteiger partial charge in [-0.1, -0.05) is 12.1 Å². The van der Waals surface area contributed by atoms with E-state index in [-0.39, 0.29) is 0 Å². The zero-order valence-electron chi connectivity index (χ0n) is 6.25. The smallest absolute Gasteiger partial charge is 0.0830 e. The molecule has 2 heteroatoms. The quantitative estimate of drug-likeness (QED) is 0.586. The van der Waals surface area contributed by atoms with E-state index in [0.717, 1.165) is 5.56 Å². The van der Waals surface area contributed by atoms with Crippen LogP contribution in [0.5, 0.6) is 0 Å². The minimum Gasteiger partial charge on any atom is -0.504 e. The van der Waals surface area contributed by atoms with E-state index in [9.17, 15) is 0 Å². The molecular formula is C9H9IO. The van der Waals surface area contributed by atoms with Crippen LogP contribution in [0.3, 0.4) is 0 Å². The average molecular weight is 260 g/mol. The SMILES string of the molecule is CO/C=C/c1ccc(I)cc1. The minimum absolute atomic E-state index is 1.16. The first-order valence-corrected chi connectivity index (χ1v) is 4.36. The van der Waals surface area contributed by atoms with Gasteiger partial charge < -0.3 is 4.74 Å². The third kappa shape index (κ3) is 2.93. The monoisotopic (exact) mass is 260 g/mol. The Morgan fingerprint density at radius 2 is 1.91 bits per heavy atom. The molecule has 1 rings (SSSR count). The molecule has 0 heterocycles. The van der Waals surface area contributed by atoms with Crippen LogP contribution in [0.25, 0.3) is 6.08 Å². The number of hydrogen-bond acceptors (Lipinski definition) is 1. The van der Waals surface area contributed by atoms with E-state index in [1.165, 1.54) is 3.57 Å². The average Bonchev–Trinajstić information content (AvgIpc) is 2.04. The molecule has 0 spiro atoms. The standard InChI is InChI=1S/C9H9IO/c1-11-7-6-8-2-4-9(10)5-3-8/h2-7H,1H3/b7-6+. The Morgan fingerprint density at radius 3 is 2.45 bits per heavy atom. The van der Waals surface area contributed by atoms with Gasteiger partial charge in [-0.2, -0.15) is 0 Å². The van der Waals surface area contributed by atoms with E-state index in [1.54, 1.807) is 13.4 Å². The summed E-state index contributed by atoms with van der Waals surface area (Å²) in [5, 5.41) is 0. The van der Waals surface area contributed by atoms with Crippen molar-refractivity contribution in [3.05, 3.63) is 39.7 Å². The molecule has 0 amide bonds. The van der Waals surface area contributed by atoms with Gasteiger partial charge in [-0.25, -0.2) is 0 Å². The fraction of sp³-hybridized carbons (Fsp3) is 0.111. The van der Waals surface area contributed by atoms with Crippen LogP contribution < -0.4 is 0 Å². The van der Waals surface area contributed by atoms with Gasteiger partial charge in [-0.05, 0) is 46.4 Å². The van der Waals surface area contributed by atoms with Crippen LogP contribution in [-0.2, 0) is 4.74 Å². The predicted molar refractivity (Wildman–Crippen MR) is 55.2 cm³/mol. The molecule has 0 aliphatic carbocycles. The Kier molecular flexibility index (Phi) is 3.42. The van der Waals surface area contributed by atoms with Gasteiger partial charge in [-0.15, -0.1) is 0 Å². The second-order valence-corrected chi connectivity index (χ2v) is 3.34. The van der Waals surface area contributed by atoms with Crippen LogP contribution in [-0.4, -0.2) is 7.11 Å². The maximum Gasteiger partial charge on any atom is 0.0830 e. The highest BCUT2D eigenvalue weighted by Crippen LogP contribution is 2.07. The highest BCUT2D eigenvalue weighted by atomic mass is 127. The normalized spacial score (nSPS) is 10.4. The maximum absolute atomic E-state index is 4.79. The van der Waals surface area contributed by atoms with E-state index in [2.05, 4.69) is 46.9 Å². The summed E-state index contributed by atoms with van der Waals surface area (Å²) < 4.78 is 6.04. The van der Waals surface area contributed by atoms with E-state index < -0.39 is 0 Å². The highest BCUT2D eigenvalue weighted by Gasteiger charge is 1.85. The molecule has 1 aromatic rings. The van der Waals surface area contributed by atoms with Crippen LogP contribution in [0.15, 0.2) is 30.5 Å². The van der Waals surface area contributed by atoms with Gasteiger partial charge in [0.15, 0.2) is 0 Å². The highest BCUT2D eigenvalue weighted by molar-refractivity contribution is 14.1. The lowest BCUT2D eigenvalue weighted by molar-refractivity contribution is 0.341. The van der Waals surface area contributed by atoms with E-state index in [4.69, 9.17) is 4.74 Å². The first kappa shape index (κ1) is 8.59. The van der Waals surface area contributed by atoms with Crippen molar-refractivity contribution in [2.75, 3.05) is 7.11 Å². The number of ether oxygens (including phenoxy) is 1. The first-order chi connectivity index (χ1) is 5.33. The lowest BCUT2D eigenvalue weighted by Crippen LogP contribution is -1.73. The summed E-state index contributed by atoms with van der Waals surface area (Å²) in [5.74, 6) is 0. The van der Waals surface area contributed by atoms with Crippen LogP contribution in [0, 0.1) is 3.57 Å². The summed E-state index contributed by atoms with van der Waals surface area (Å²) in [6.45, 7) is 0. The topological polar surface area (TPSA) is 9.23 Å². The Balaban J connectivity index is 2.73. The van der Waals surface area contributed by atoms with Crippen molar-refractivity contribution >= 4 is 28.7 Å². The molecule has 58 valence electrons. The minimum atomic E-state index is 1.16. The molecule has 0 radical (unpaired) electrons. The van der Waals surface area contributed by atoms with Crippen molar-refractivity contribution in [3.63, 3.8) is 0 Å². The summed E-state index contributed by atoms with van der Waals surface area (Å²) in [5.41, 5.74) is 1.16. The number of hydrogen-bond donors (Lipinski definition) is 0. The number of benzene rings is 1. The van der Waals surface area contributed by atoms with Crippen molar-refractivity contribution < 1.29 is 4.74 Å². The molecule has 11 heavy (non-hydrogen) atoms. The number of halogens is 1. The zero-order chi connectivity index (χ0) is 8.10. The van der Waals surface area contributed by atoms with Crippen molar-refractivity contribution in [3.8, 4) is 0 Å². The van der Waals surface area contributed by atoms with Gasteiger partial charge in [0, 0.05) is 3.57 Å². The molecule has 0 aliphatic heterocycles. The predicted octanol–water partition coefficient (Wildman–Crippen LogP) is 2.91. The van der Waals surface area contributed by atoms with Gasteiger partial charge >= 0.3 is 0 Å². The second kappa shape index (κ2) is 4.38. The molecular weight excluding hydrogens is 251 g/mol. The van der Waals surface area contributed by atoms with Crippen LogP contribution in [0.4, 0.5) is 0 Å². The molecule has 1 aromatic carbocycles. The van der Waals surface area contributed by atoms with Crippen LogP contribution >= 0.6 is 22.6 Å². The first-order valence-electron chi connectivity index (χ1n) is 3.28. The molecule has 1 nitrogen and oxygen atoms in total. The Labute approximate surface area is 80.2 Å². The molecule has 0 unspecified atom stereocenters. The molecule has 0 saturated carbocycles. The molecule has 0 N–H and O–H groups in total. The van der Waals surface area contributed by atoms with Crippen LogP contribution in [0.2, 0.25) is 0 Å². The van der Waals surface area contributed by atoms with Crippen molar-refractivity contribution in [1.29, 1.82) is 0 Å². The van der Waals surface area contributed by atoms with E-state index in [1.807, 2.05) is 6.08 Å². The lowest BCUT2D eigenvalue weighted by Gasteiger charge is -1.92. The van der Waals surface area contributed by atoms with Gasteiger partial charge in [-0.3, -0.25) is 0 Å². The number of methoxy groups -OCH3 is 1. The molecule has 0 aromatic heterocycles. The van der Waals surface area contributed by atoms with Crippen molar-refractivity contribution in [1.82, 2.24) is 0 Å². The Bertz CT molecular complexity index is 238.